The van der Waals surface area contributed by atoms with Crippen LogP contribution >= 0.6 is 0 Å². The first-order valence-electron chi connectivity index (χ1n) is 7.60. The van der Waals surface area contributed by atoms with Crippen LogP contribution in [0.25, 0.3) is 0 Å². The number of rotatable bonds is 4. The Kier molecular flexibility index (Phi) is 4.32. The van der Waals surface area contributed by atoms with Gasteiger partial charge in [-0.3, -0.25) is 4.98 Å². The van der Waals surface area contributed by atoms with Crippen molar-refractivity contribution in [1.29, 1.82) is 0 Å². The summed E-state index contributed by atoms with van der Waals surface area (Å²) in [6, 6.07) is 16.7. The molecule has 0 aliphatic carbocycles. The van der Waals surface area contributed by atoms with Crippen LogP contribution in [0.1, 0.15) is 24.1 Å². The average molecular weight is 282 g/mol. The minimum atomic E-state index is -0.00295. The van der Waals surface area contributed by atoms with E-state index in [9.17, 15) is 0 Å². The largest absolute Gasteiger partial charge is 0.381 e. The van der Waals surface area contributed by atoms with Crippen LogP contribution in [0.4, 0.5) is 0 Å². The Balaban J connectivity index is 1.88. The molecule has 1 aliphatic rings. The number of pyridine rings is 1. The maximum absolute atomic E-state index is 6.65. The van der Waals surface area contributed by atoms with Gasteiger partial charge in [0.05, 0.1) is 0 Å². The summed E-state index contributed by atoms with van der Waals surface area (Å²) in [5.41, 5.74) is 9.04. The lowest BCUT2D eigenvalue weighted by Crippen LogP contribution is -2.50. The molecular weight excluding hydrogens is 260 g/mol. The summed E-state index contributed by atoms with van der Waals surface area (Å²) in [7, 11) is 0. The third-order valence-electron chi connectivity index (χ3n) is 4.60. The first-order valence-corrected chi connectivity index (χ1v) is 7.60. The molecule has 3 rings (SSSR count). The highest BCUT2D eigenvalue weighted by Crippen LogP contribution is 2.38. The molecule has 2 N–H and O–H groups in total. The third kappa shape index (κ3) is 2.99. The molecule has 0 bridgehead atoms. The van der Waals surface area contributed by atoms with E-state index in [4.69, 9.17) is 10.5 Å². The van der Waals surface area contributed by atoms with Crippen molar-refractivity contribution in [2.75, 3.05) is 13.2 Å². The molecule has 1 atom stereocenters. The predicted molar refractivity (Wildman–Crippen MR) is 84.1 cm³/mol. The van der Waals surface area contributed by atoms with Gasteiger partial charge in [-0.15, -0.1) is 0 Å². The van der Waals surface area contributed by atoms with E-state index >= 15 is 0 Å². The fourth-order valence-electron chi connectivity index (χ4n) is 3.32. The van der Waals surface area contributed by atoms with E-state index in [0.29, 0.717) is 0 Å². The van der Waals surface area contributed by atoms with Gasteiger partial charge in [-0.05, 0) is 30.5 Å². The monoisotopic (exact) mass is 282 g/mol. The van der Waals surface area contributed by atoms with Gasteiger partial charge in [-0.25, -0.2) is 0 Å². The Labute approximate surface area is 126 Å². The highest BCUT2D eigenvalue weighted by molar-refractivity contribution is 5.29. The number of nitrogens with zero attached hydrogens (tertiary/aromatic N) is 1. The second-order valence-electron chi connectivity index (χ2n) is 5.77. The number of hydrogen-bond donors (Lipinski definition) is 1. The van der Waals surface area contributed by atoms with E-state index in [1.807, 2.05) is 18.3 Å². The minimum Gasteiger partial charge on any atom is -0.381 e. The van der Waals surface area contributed by atoms with E-state index in [2.05, 4.69) is 41.4 Å². The predicted octanol–water partition coefficient (Wildman–Crippen LogP) is 2.70. The number of nitrogens with two attached hydrogens (primary N) is 1. The first-order chi connectivity index (χ1) is 10.3. The number of aromatic nitrogens is 1. The van der Waals surface area contributed by atoms with E-state index in [0.717, 1.165) is 38.2 Å². The summed E-state index contributed by atoms with van der Waals surface area (Å²) in [6.07, 6.45) is 4.59. The summed E-state index contributed by atoms with van der Waals surface area (Å²) in [5, 5.41) is 0. The molecule has 0 saturated carbocycles. The van der Waals surface area contributed by atoms with E-state index in [1.54, 1.807) is 0 Å². The van der Waals surface area contributed by atoms with Crippen LogP contribution in [0.2, 0.25) is 0 Å². The van der Waals surface area contributed by atoms with Crippen LogP contribution < -0.4 is 5.73 Å². The smallest absolute Gasteiger partial charge is 0.0475 e. The highest BCUT2D eigenvalue weighted by Gasteiger charge is 2.40. The zero-order valence-corrected chi connectivity index (χ0v) is 12.2. The van der Waals surface area contributed by atoms with Crippen molar-refractivity contribution >= 4 is 0 Å². The zero-order chi connectivity index (χ0) is 14.5. The number of ether oxygens (including phenoxy) is 1. The fraction of sp³-hybridized carbons (Fsp3) is 0.389. The van der Waals surface area contributed by atoms with Crippen LogP contribution in [-0.2, 0) is 16.6 Å². The van der Waals surface area contributed by atoms with Crippen LogP contribution in [0.3, 0.4) is 0 Å². The average Bonchev–Trinajstić information content (AvgIpc) is 2.57. The minimum absolute atomic E-state index is 0.00295. The first kappa shape index (κ1) is 14.2. The maximum atomic E-state index is 6.65. The summed E-state index contributed by atoms with van der Waals surface area (Å²) in [4.78, 5) is 4.43. The van der Waals surface area contributed by atoms with Gasteiger partial charge < -0.3 is 10.5 Å². The second-order valence-corrected chi connectivity index (χ2v) is 5.77. The van der Waals surface area contributed by atoms with Gasteiger partial charge in [0.1, 0.15) is 0 Å². The summed E-state index contributed by atoms with van der Waals surface area (Å²) in [6.45, 7) is 1.57. The molecule has 3 heteroatoms. The van der Waals surface area contributed by atoms with Crippen molar-refractivity contribution < 1.29 is 4.74 Å². The Hall–Kier alpha value is -1.71. The Morgan fingerprint density at radius 1 is 1.05 bits per heavy atom. The van der Waals surface area contributed by atoms with Gasteiger partial charge in [-0.1, -0.05) is 36.4 Å². The lowest BCUT2D eigenvalue weighted by Gasteiger charge is -2.42. The molecule has 21 heavy (non-hydrogen) atoms. The summed E-state index contributed by atoms with van der Waals surface area (Å²) in [5.74, 6) is 0. The van der Waals surface area contributed by atoms with Crippen molar-refractivity contribution in [3.8, 4) is 0 Å². The Morgan fingerprint density at radius 2 is 1.76 bits per heavy atom. The molecule has 1 aromatic carbocycles. The zero-order valence-electron chi connectivity index (χ0n) is 12.2. The molecule has 0 radical (unpaired) electrons. The second kappa shape index (κ2) is 6.37. The molecule has 1 unspecified atom stereocenters. The molecule has 3 nitrogen and oxygen atoms in total. The molecule has 1 saturated heterocycles. The topological polar surface area (TPSA) is 48.1 Å². The lowest BCUT2D eigenvalue weighted by molar-refractivity contribution is 0.0399. The standard InChI is InChI=1S/C18H22N2O/c19-17(14-16-8-4-5-11-20-16)18(9-12-21-13-10-18)15-6-2-1-3-7-15/h1-8,11,17H,9-10,12-14,19H2. The molecule has 1 fully saturated rings. The Morgan fingerprint density at radius 3 is 2.43 bits per heavy atom. The SMILES string of the molecule is NC(Cc1ccccn1)C1(c2ccccc2)CCOCC1. The van der Waals surface area contributed by atoms with Crippen LogP contribution in [0.15, 0.2) is 54.7 Å². The van der Waals surface area contributed by atoms with Gasteiger partial charge in [-0.2, -0.15) is 0 Å². The normalized spacial score (nSPS) is 19.1. The lowest BCUT2D eigenvalue weighted by atomic mass is 9.68. The third-order valence-corrected chi connectivity index (χ3v) is 4.60. The molecule has 2 heterocycles. The van der Waals surface area contributed by atoms with E-state index in [1.165, 1.54) is 5.56 Å². The molecule has 1 aliphatic heterocycles. The van der Waals surface area contributed by atoms with Crippen LogP contribution in [-0.4, -0.2) is 24.2 Å². The highest BCUT2D eigenvalue weighted by atomic mass is 16.5. The Bertz CT molecular complexity index is 550. The van der Waals surface area contributed by atoms with E-state index in [-0.39, 0.29) is 11.5 Å². The van der Waals surface area contributed by atoms with Crippen molar-refractivity contribution in [3.63, 3.8) is 0 Å². The van der Waals surface area contributed by atoms with Crippen molar-refractivity contribution in [1.82, 2.24) is 4.98 Å². The van der Waals surface area contributed by atoms with Gasteiger partial charge in [0, 0.05) is 43.0 Å². The molecule has 110 valence electrons. The van der Waals surface area contributed by atoms with Crippen LogP contribution in [0, 0.1) is 0 Å². The van der Waals surface area contributed by atoms with Crippen molar-refractivity contribution in [2.45, 2.75) is 30.7 Å². The maximum Gasteiger partial charge on any atom is 0.0475 e. The van der Waals surface area contributed by atoms with Gasteiger partial charge in [0.2, 0.25) is 0 Å². The van der Waals surface area contributed by atoms with Crippen LogP contribution in [0.5, 0.6) is 0 Å². The fourth-order valence-corrected chi connectivity index (χ4v) is 3.32. The van der Waals surface area contributed by atoms with E-state index < -0.39 is 0 Å². The molecule has 1 aromatic heterocycles. The summed E-state index contributed by atoms with van der Waals surface area (Å²) >= 11 is 0. The van der Waals surface area contributed by atoms with Gasteiger partial charge in [0.25, 0.3) is 0 Å². The molecule has 0 amide bonds. The van der Waals surface area contributed by atoms with Gasteiger partial charge in [0.15, 0.2) is 0 Å². The quantitative estimate of drug-likeness (QED) is 0.938. The number of benzene rings is 1. The summed E-state index contributed by atoms with van der Waals surface area (Å²) < 4.78 is 5.58. The number of hydrogen-bond acceptors (Lipinski definition) is 3. The molecule has 2 aromatic rings. The van der Waals surface area contributed by atoms with Gasteiger partial charge >= 0.3 is 0 Å². The van der Waals surface area contributed by atoms with Crippen molar-refractivity contribution in [3.05, 3.63) is 66.0 Å². The molecule has 0 spiro atoms. The molecular formula is C18H22N2O. The van der Waals surface area contributed by atoms with Crippen molar-refractivity contribution in [2.24, 2.45) is 5.73 Å².